The van der Waals surface area contributed by atoms with Gasteiger partial charge in [0.2, 0.25) is 5.91 Å². The highest BCUT2D eigenvalue weighted by atomic mass is 127. The van der Waals surface area contributed by atoms with Crippen molar-refractivity contribution >= 4 is 41.5 Å². The Hall–Kier alpha value is -1.51. The van der Waals surface area contributed by atoms with E-state index in [1.54, 1.807) is 6.92 Å². The monoisotopic (exact) mass is 443 g/mol. The van der Waals surface area contributed by atoms with Crippen molar-refractivity contribution in [2.24, 2.45) is 4.99 Å². The van der Waals surface area contributed by atoms with Crippen molar-refractivity contribution in [1.29, 1.82) is 0 Å². The molecule has 2 aliphatic rings. The van der Waals surface area contributed by atoms with Gasteiger partial charge in [-0.1, -0.05) is 18.2 Å². The summed E-state index contributed by atoms with van der Waals surface area (Å²) in [4.78, 5) is 20.2. The minimum absolute atomic E-state index is 0. The minimum Gasteiger partial charge on any atom is -0.368 e. The van der Waals surface area contributed by atoms with Gasteiger partial charge < -0.3 is 20.4 Å². The maximum Gasteiger partial charge on any atom is 0.219 e. The van der Waals surface area contributed by atoms with Crippen molar-refractivity contribution < 1.29 is 4.79 Å². The smallest absolute Gasteiger partial charge is 0.219 e. The number of piperazine rings is 1. The Balaban J connectivity index is 0.00000208. The Kier molecular flexibility index (Phi) is 7.14. The normalized spacial score (nSPS) is 17.5. The molecule has 7 heteroatoms. The zero-order chi connectivity index (χ0) is 16.1. The van der Waals surface area contributed by atoms with Gasteiger partial charge in [0.05, 0.1) is 0 Å². The fraction of sp³-hybridized carbons (Fsp3) is 0.529. The zero-order valence-electron chi connectivity index (χ0n) is 14.1. The van der Waals surface area contributed by atoms with E-state index >= 15 is 0 Å². The molecule has 132 valence electrons. The molecule has 3 rings (SSSR count). The van der Waals surface area contributed by atoms with E-state index in [2.05, 4.69) is 44.8 Å². The van der Waals surface area contributed by atoms with Gasteiger partial charge in [0, 0.05) is 58.4 Å². The van der Waals surface area contributed by atoms with Crippen LogP contribution >= 0.6 is 24.0 Å². The van der Waals surface area contributed by atoms with E-state index in [-0.39, 0.29) is 29.9 Å². The van der Waals surface area contributed by atoms with Crippen LogP contribution in [0.25, 0.3) is 0 Å². The van der Waals surface area contributed by atoms with Gasteiger partial charge in [0.25, 0.3) is 0 Å². The van der Waals surface area contributed by atoms with E-state index in [9.17, 15) is 4.79 Å². The van der Waals surface area contributed by atoms with Crippen LogP contribution in [0.2, 0.25) is 0 Å². The second-order valence-corrected chi connectivity index (χ2v) is 5.99. The molecule has 1 fully saturated rings. The van der Waals surface area contributed by atoms with E-state index in [4.69, 9.17) is 0 Å². The van der Waals surface area contributed by atoms with Crippen molar-refractivity contribution in [2.45, 2.75) is 19.9 Å². The van der Waals surface area contributed by atoms with E-state index in [0.717, 1.165) is 58.2 Å². The number of nitrogens with zero attached hydrogens (tertiary/aromatic N) is 3. The molecule has 0 atom stereocenters. The third-order valence-electron chi connectivity index (χ3n) is 4.40. The summed E-state index contributed by atoms with van der Waals surface area (Å²) in [7, 11) is 0. The summed E-state index contributed by atoms with van der Waals surface area (Å²) in [6.45, 7) is 7.65. The minimum atomic E-state index is 0. The number of carbonyl (C=O) groups excluding carboxylic acids is 1. The van der Waals surface area contributed by atoms with Crippen molar-refractivity contribution in [3.63, 3.8) is 0 Å². The first-order valence-electron chi connectivity index (χ1n) is 8.34. The van der Waals surface area contributed by atoms with Gasteiger partial charge >= 0.3 is 0 Å². The number of rotatable bonds is 3. The molecule has 2 heterocycles. The van der Waals surface area contributed by atoms with Crippen molar-refractivity contribution in [2.75, 3.05) is 44.2 Å². The fourth-order valence-electron chi connectivity index (χ4n) is 3.06. The molecule has 1 aromatic carbocycles. The van der Waals surface area contributed by atoms with Crippen molar-refractivity contribution in [1.82, 2.24) is 15.5 Å². The van der Waals surface area contributed by atoms with Crippen LogP contribution in [0.5, 0.6) is 0 Å². The molecule has 0 radical (unpaired) electrons. The predicted molar refractivity (Wildman–Crippen MR) is 108 cm³/mol. The molecule has 0 aliphatic carbocycles. The summed E-state index contributed by atoms with van der Waals surface area (Å²) < 4.78 is 0. The van der Waals surface area contributed by atoms with Crippen LogP contribution in [-0.2, 0) is 11.3 Å². The molecule has 1 amide bonds. The topological polar surface area (TPSA) is 60.0 Å². The molecular formula is C17H26IN5O. The lowest BCUT2D eigenvalue weighted by Gasteiger charge is -2.36. The van der Waals surface area contributed by atoms with Crippen LogP contribution in [0.1, 0.15) is 18.9 Å². The Morgan fingerprint density at radius 2 is 2.00 bits per heavy atom. The number of benzene rings is 1. The van der Waals surface area contributed by atoms with Crippen LogP contribution in [0, 0.1) is 0 Å². The van der Waals surface area contributed by atoms with Gasteiger partial charge in [0.1, 0.15) is 0 Å². The maximum atomic E-state index is 11.5. The van der Waals surface area contributed by atoms with Gasteiger partial charge in [-0.2, -0.15) is 0 Å². The average molecular weight is 443 g/mol. The lowest BCUT2D eigenvalue weighted by molar-refractivity contribution is -0.129. The lowest BCUT2D eigenvalue weighted by Crippen LogP contribution is -2.48. The first kappa shape index (κ1) is 18.8. The van der Waals surface area contributed by atoms with Crippen LogP contribution in [0.15, 0.2) is 29.3 Å². The summed E-state index contributed by atoms with van der Waals surface area (Å²) in [6, 6.07) is 8.47. The number of hydrogen-bond donors (Lipinski definition) is 2. The van der Waals surface area contributed by atoms with Gasteiger partial charge in [-0.3, -0.25) is 9.79 Å². The van der Waals surface area contributed by atoms with Crippen molar-refractivity contribution in [3.05, 3.63) is 29.8 Å². The van der Waals surface area contributed by atoms with Gasteiger partial charge in [-0.05, 0) is 18.1 Å². The second kappa shape index (κ2) is 9.10. The number of guanidine groups is 1. The Bertz CT molecular complexity index is 584. The third kappa shape index (κ3) is 4.75. The van der Waals surface area contributed by atoms with Crippen LogP contribution in [0.3, 0.4) is 0 Å². The molecule has 0 aromatic heterocycles. The highest BCUT2D eigenvalue weighted by Crippen LogP contribution is 2.21. The first-order chi connectivity index (χ1) is 11.2. The van der Waals surface area contributed by atoms with E-state index in [0.29, 0.717) is 0 Å². The molecule has 1 saturated heterocycles. The van der Waals surface area contributed by atoms with Crippen molar-refractivity contribution in [3.8, 4) is 0 Å². The summed E-state index contributed by atoms with van der Waals surface area (Å²) >= 11 is 0. The van der Waals surface area contributed by atoms with Gasteiger partial charge in [0.15, 0.2) is 5.96 Å². The maximum absolute atomic E-state index is 11.5. The Morgan fingerprint density at radius 3 is 2.67 bits per heavy atom. The molecule has 0 unspecified atom stereocenters. The van der Waals surface area contributed by atoms with E-state index in [1.807, 2.05) is 4.90 Å². The molecule has 0 spiro atoms. The molecule has 2 N–H and O–H groups in total. The standard InChI is InChI=1S/C17H25N5O.HI/c1-14(23)21-9-11-22(12-10-21)16-6-3-2-5-15(16)13-20-17-18-7-4-8-19-17;/h2-3,5-6H,4,7-13H2,1H3,(H2,18,19,20);1H. The zero-order valence-corrected chi connectivity index (χ0v) is 16.5. The Morgan fingerprint density at radius 1 is 1.25 bits per heavy atom. The number of nitrogens with one attached hydrogen (secondary N) is 2. The highest BCUT2D eigenvalue weighted by Gasteiger charge is 2.20. The molecule has 1 aromatic rings. The lowest BCUT2D eigenvalue weighted by atomic mass is 10.1. The largest absolute Gasteiger partial charge is 0.368 e. The van der Waals surface area contributed by atoms with Gasteiger partial charge in [-0.25, -0.2) is 0 Å². The number of para-hydroxylation sites is 1. The van der Waals surface area contributed by atoms with Gasteiger partial charge in [-0.15, -0.1) is 24.0 Å². The van der Waals surface area contributed by atoms with Crippen LogP contribution in [-0.4, -0.2) is 56.0 Å². The number of halogens is 1. The molecule has 24 heavy (non-hydrogen) atoms. The number of carbonyl (C=O) groups is 1. The molecule has 6 nitrogen and oxygen atoms in total. The van der Waals surface area contributed by atoms with Crippen LogP contribution < -0.4 is 15.5 Å². The summed E-state index contributed by atoms with van der Waals surface area (Å²) in [5.74, 6) is 1.06. The summed E-state index contributed by atoms with van der Waals surface area (Å²) in [6.07, 6.45) is 1.10. The summed E-state index contributed by atoms with van der Waals surface area (Å²) in [5, 5.41) is 6.68. The van der Waals surface area contributed by atoms with Crippen LogP contribution in [0.4, 0.5) is 5.69 Å². The number of aliphatic imine (C=N–C) groups is 1. The first-order valence-corrected chi connectivity index (χ1v) is 8.34. The SMILES string of the molecule is CC(=O)N1CCN(c2ccccc2CNC2=NCCCN2)CC1.I. The second-order valence-electron chi connectivity index (χ2n) is 5.99. The fourth-order valence-corrected chi connectivity index (χ4v) is 3.06. The number of hydrogen-bond acceptors (Lipinski definition) is 5. The number of amides is 1. The molecule has 0 saturated carbocycles. The summed E-state index contributed by atoms with van der Waals surface area (Å²) in [5.41, 5.74) is 2.51. The third-order valence-corrected chi connectivity index (χ3v) is 4.40. The molecule has 0 bridgehead atoms. The number of anilines is 1. The quantitative estimate of drug-likeness (QED) is 0.694. The average Bonchev–Trinajstić information content (AvgIpc) is 2.61. The Labute approximate surface area is 160 Å². The van der Waals surface area contributed by atoms with E-state index < -0.39 is 0 Å². The molecular weight excluding hydrogens is 417 g/mol. The molecule has 2 aliphatic heterocycles. The predicted octanol–water partition coefficient (Wildman–Crippen LogP) is 1.41. The van der Waals surface area contributed by atoms with E-state index in [1.165, 1.54) is 11.3 Å². The highest BCUT2D eigenvalue weighted by molar-refractivity contribution is 14.0.